The first kappa shape index (κ1) is 12.2. The van der Waals surface area contributed by atoms with Crippen molar-refractivity contribution >= 4 is 27.7 Å². The lowest BCUT2D eigenvalue weighted by Crippen LogP contribution is -2.29. The molecule has 1 aliphatic heterocycles. The van der Waals surface area contributed by atoms with Gasteiger partial charge in [-0.15, -0.1) is 0 Å². The normalized spacial score (nSPS) is 16.6. The van der Waals surface area contributed by atoms with Crippen molar-refractivity contribution in [1.29, 1.82) is 0 Å². The number of aromatic nitrogens is 3. The number of thioether (sulfide) groups is 1. The molecule has 2 heterocycles. The van der Waals surface area contributed by atoms with Crippen LogP contribution in [0.15, 0.2) is 40.6 Å². The highest BCUT2D eigenvalue weighted by Gasteiger charge is 2.40. The van der Waals surface area contributed by atoms with Crippen molar-refractivity contribution in [2.45, 2.75) is 10.1 Å². The van der Waals surface area contributed by atoms with E-state index in [9.17, 15) is 13.2 Å². The first-order chi connectivity index (χ1) is 9.10. The number of carbonyl (C=O) groups is 1. The summed E-state index contributed by atoms with van der Waals surface area (Å²) in [4.78, 5) is 16.0. The number of rotatable bonds is 3. The van der Waals surface area contributed by atoms with Gasteiger partial charge in [0.05, 0.1) is 11.4 Å². The molecule has 1 N–H and O–H groups in total. The Balaban J connectivity index is 1.90. The number of sulfonamides is 1. The van der Waals surface area contributed by atoms with E-state index in [0.29, 0.717) is 5.16 Å². The third-order valence-electron chi connectivity index (χ3n) is 2.62. The maximum absolute atomic E-state index is 12.2. The van der Waals surface area contributed by atoms with Gasteiger partial charge in [-0.2, -0.15) is 5.10 Å². The molecule has 0 spiro atoms. The molecule has 9 heteroatoms. The highest BCUT2D eigenvalue weighted by Crippen LogP contribution is 2.31. The minimum atomic E-state index is -3.75. The number of amides is 1. The highest BCUT2D eigenvalue weighted by atomic mass is 32.2. The fraction of sp³-hybridized carbons (Fsp3) is 0.100. The Morgan fingerprint density at radius 2 is 2.11 bits per heavy atom. The van der Waals surface area contributed by atoms with Crippen LogP contribution in [0.3, 0.4) is 0 Å². The second-order valence-electron chi connectivity index (χ2n) is 3.72. The van der Waals surface area contributed by atoms with Crippen LogP contribution in [0.4, 0.5) is 0 Å². The number of benzene rings is 1. The van der Waals surface area contributed by atoms with E-state index in [2.05, 4.69) is 15.2 Å². The summed E-state index contributed by atoms with van der Waals surface area (Å²) < 4.78 is 25.2. The van der Waals surface area contributed by atoms with Crippen LogP contribution >= 0.6 is 11.8 Å². The van der Waals surface area contributed by atoms with Crippen LogP contribution in [0.1, 0.15) is 10.4 Å². The molecule has 1 aromatic heterocycles. The average molecular weight is 296 g/mol. The molecule has 0 fully saturated rings. The lowest BCUT2D eigenvalue weighted by Gasteiger charge is -2.13. The molecule has 0 unspecified atom stereocenters. The third kappa shape index (κ3) is 1.90. The fourth-order valence-electron chi connectivity index (χ4n) is 1.74. The molecular weight excluding hydrogens is 288 g/mol. The Labute approximate surface area is 113 Å². The van der Waals surface area contributed by atoms with Gasteiger partial charge >= 0.3 is 0 Å². The quantitative estimate of drug-likeness (QED) is 0.838. The molecule has 19 heavy (non-hydrogen) atoms. The van der Waals surface area contributed by atoms with Crippen molar-refractivity contribution in [2.24, 2.45) is 0 Å². The fourth-order valence-corrected chi connectivity index (χ4v) is 4.29. The second-order valence-corrected chi connectivity index (χ2v) is 6.48. The number of nitrogens with one attached hydrogen (secondary N) is 1. The van der Waals surface area contributed by atoms with Gasteiger partial charge < -0.3 is 0 Å². The van der Waals surface area contributed by atoms with Crippen LogP contribution in [0.25, 0.3) is 0 Å². The summed E-state index contributed by atoms with van der Waals surface area (Å²) in [7, 11) is -3.75. The van der Waals surface area contributed by atoms with Crippen molar-refractivity contribution in [3.8, 4) is 0 Å². The topological polar surface area (TPSA) is 96.0 Å². The van der Waals surface area contributed by atoms with Crippen molar-refractivity contribution in [3.63, 3.8) is 0 Å². The van der Waals surface area contributed by atoms with E-state index < -0.39 is 15.9 Å². The molecule has 0 atom stereocenters. The number of fused-ring (bicyclic) bond motifs is 1. The van der Waals surface area contributed by atoms with Gasteiger partial charge in [0.15, 0.2) is 5.16 Å². The molecule has 0 bridgehead atoms. The zero-order valence-corrected chi connectivity index (χ0v) is 11.1. The number of H-pyrrole nitrogens is 1. The van der Waals surface area contributed by atoms with E-state index >= 15 is 0 Å². The van der Waals surface area contributed by atoms with Gasteiger partial charge in [-0.05, 0) is 12.1 Å². The first-order valence-corrected chi connectivity index (χ1v) is 7.67. The summed E-state index contributed by atoms with van der Waals surface area (Å²) in [6, 6.07) is 6.17. The molecule has 0 aliphatic carbocycles. The number of hydrogen-bond donors (Lipinski definition) is 1. The summed E-state index contributed by atoms with van der Waals surface area (Å²) in [5.74, 6) is -0.548. The molecule has 1 aliphatic rings. The summed E-state index contributed by atoms with van der Waals surface area (Å²) in [5, 5.41) is 6.70. The molecule has 0 radical (unpaired) electrons. The Hall–Kier alpha value is -1.87. The van der Waals surface area contributed by atoms with Crippen LogP contribution in [0.5, 0.6) is 0 Å². The van der Waals surface area contributed by atoms with Gasteiger partial charge in [0.25, 0.3) is 15.9 Å². The van der Waals surface area contributed by atoms with E-state index in [1.807, 2.05) is 0 Å². The Bertz CT molecular complexity index is 727. The van der Waals surface area contributed by atoms with Crippen molar-refractivity contribution in [3.05, 3.63) is 36.2 Å². The number of aromatic amines is 1. The SMILES string of the molecule is O=C1c2ccccc2S(=O)(=O)N1CSc1ncn[nH]1. The second kappa shape index (κ2) is 4.35. The molecule has 0 saturated heterocycles. The van der Waals surface area contributed by atoms with Gasteiger partial charge in [-0.25, -0.2) is 17.7 Å². The largest absolute Gasteiger partial charge is 0.269 e. The summed E-state index contributed by atoms with van der Waals surface area (Å²) in [5.41, 5.74) is 0.209. The van der Waals surface area contributed by atoms with Gasteiger partial charge in [0.1, 0.15) is 11.2 Å². The molecule has 2 aromatic rings. The van der Waals surface area contributed by atoms with Gasteiger partial charge in [0, 0.05) is 0 Å². The van der Waals surface area contributed by atoms with Crippen molar-refractivity contribution in [1.82, 2.24) is 19.5 Å². The first-order valence-electron chi connectivity index (χ1n) is 5.25. The molecule has 0 saturated carbocycles. The monoisotopic (exact) mass is 296 g/mol. The van der Waals surface area contributed by atoms with Gasteiger partial charge in [-0.3, -0.25) is 9.89 Å². The maximum atomic E-state index is 12.2. The molecule has 98 valence electrons. The van der Waals surface area contributed by atoms with Crippen LogP contribution in [-0.2, 0) is 10.0 Å². The lowest BCUT2D eigenvalue weighted by atomic mass is 10.2. The Kier molecular flexibility index (Phi) is 2.79. The smallest absolute Gasteiger partial charge is 0.268 e. The van der Waals surface area contributed by atoms with Crippen LogP contribution in [0.2, 0.25) is 0 Å². The number of hydrogen-bond acceptors (Lipinski definition) is 6. The zero-order chi connectivity index (χ0) is 13.5. The minimum absolute atomic E-state index is 0.0367. The summed E-state index contributed by atoms with van der Waals surface area (Å²) >= 11 is 1.10. The van der Waals surface area contributed by atoms with Gasteiger partial charge in [0.2, 0.25) is 0 Å². The highest BCUT2D eigenvalue weighted by molar-refractivity contribution is 8.00. The van der Waals surface area contributed by atoms with Crippen molar-refractivity contribution < 1.29 is 13.2 Å². The van der Waals surface area contributed by atoms with E-state index in [1.165, 1.54) is 18.5 Å². The predicted octanol–water partition coefficient (Wildman–Crippen LogP) is 0.699. The van der Waals surface area contributed by atoms with E-state index in [0.717, 1.165) is 16.1 Å². The molecule has 1 amide bonds. The minimum Gasteiger partial charge on any atom is -0.268 e. The van der Waals surface area contributed by atoms with E-state index in [-0.39, 0.29) is 16.3 Å². The number of carbonyl (C=O) groups excluding carboxylic acids is 1. The Morgan fingerprint density at radius 1 is 1.32 bits per heavy atom. The molecule has 7 nitrogen and oxygen atoms in total. The molecular formula is C10H8N4O3S2. The predicted molar refractivity (Wildman–Crippen MR) is 66.9 cm³/mol. The maximum Gasteiger partial charge on any atom is 0.269 e. The molecule has 3 rings (SSSR count). The molecule has 1 aromatic carbocycles. The average Bonchev–Trinajstić information content (AvgIpc) is 2.97. The van der Waals surface area contributed by atoms with Crippen LogP contribution < -0.4 is 0 Å². The van der Waals surface area contributed by atoms with Gasteiger partial charge in [-0.1, -0.05) is 23.9 Å². The zero-order valence-electron chi connectivity index (χ0n) is 9.48. The standard InChI is InChI=1S/C10H8N4O3S2/c15-9-7-3-1-2-4-8(7)19(16,17)14(9)6-18-10-11-5-12-13-10/h1-5H,6H2,(H,11,12,13). The number of nitrogens with zero attached hydrogens (tertiary/aromatic N) is 3. The summed E-state index contributed by atoms with van der Waals surface area (Å²) in [6.07, 6.45) is 1.32. The van der Waals surface area contributed by atoms with E-state index in [1.54, 1.807) is 12.1 Å². The summed E-state index contributed by atoms with van der Waals surface area (Å²) in [6.45, 7) is 0. The lowest BCUT2D eigenvalue weighted by molar-refractivity contribution is 0.0887. The van der Waals surface area contributed by atoms with Crippen molar-refractivity contribution in [2.75, 3.05) is 5.88 Å². The Morgan fingerprint density at radius 3 is 2.79 bits per heavy atom. The van der Waals surface area contributed by atoms with Crippen LogP contribution in [0, 0.1) is 0 Å². The third-order valence-corrected chi connectivity index (χ3v) is 5.43. The van der Waals surface area contributed by atoms with E-state index in [4.69, 9.17) is 0 Å². The van der Waals surface area contributed by atoms with Crippen LogP contribution in [-0.4, -0.2) is 39.7 Å².